The largest absolute Gasteiger partial charge is 0.502 e. The molecular formula is C23H25N3O4S. The molecule has 1 N–H and O–H groups in total. The van der Waals surface area contributed by atoms with Gasteiger partial charge in [0, 0.05) is 12.2 Å². The van der Waals surface area contributed by atoms with E-state index in [2.05, 4.69) is 4.98 Å². The molecule has 1 saturated heterocycles. The Kier molecular flexibility index (Phi) is 6.46. The standard InChI is InChI=1S/C23H25N3O4S/c1-29-18-11-15(12-19(30-2)21(18)27)13-20-22(28)26(17-8-4-3-5-9-17)23(31-20)25-16-7-6-10-24-14-16/h6-7,10-14,17,27H,3-5,8-9H2,1-2H3/b20-13-,25-23?. The van der Waals surface area contributed by atoms with Gasteiger partial charge in [0.2, 0.25) is 5.75 Å². The van der Waals surface area contributed by atoms with Crippen molar-refractivity contribution >= 4 is 34.6 Å². The van der Waals surface area contributed by atoms with Crippen molar-refractivity contribution in [2.24, 2.45) is 4.99 Å². The van der Waals surface area contributed by atoms with Crippen molar-refractivity contribution in [2.75, 3.05) is 14.2 Å². The van der Waals surface area contributed by atoms with Crippen molar-refractivity contribution in [2.45, 2.75) is 38.1 Å². The van der Waals surface area contributed by atoms with E-state index in [1.165, 1.54) is 32.4 Å². The van der Waals surface area contributed by atoms with Crippen LogP contribution >= 0.6 is 11.8 Å². The van der Waals surface area contributed by atoms with Gasteiger partial charge < -0.3 is 14.6 Å². The van der Waals surface area contributed by atoms with Crippen LogP contribution < -0.4 is 9.47 Å². The Morgan fingerprint density at radius 2 is 1.90 bits per heavy atom. The van der Waals surface area contributed by atoms with E-state index in [9.17, 15) is 9.90 Å². The summed E-state index contributed by atoms with van der Waals surface area (Å²) >= 11 is 1.36. The first-order chi connectivity index (χ1) is 15.1. The minimum Gasteiger partial charge on any atom is -0.502 e. The molecule has 2 fully saturated rings. The second kappa shape index (κ2) is 9.43. The number of hydrogen-bond acceptors (Lipinski definition) is 7. The van der Waals surface area contributed by atoms with Crippen molar-refractivity contribution in [1.29, 1.82) is 0 Å². The molecule has 2 heterocycles. The number of pyridine rings is 1. The smallest absolute Gasteiger partial charge is 0.267 e. The summed E-state index contributed by atoms with van der Waals surface area (Å²) in [6.45, 7) is 0. The first-order valence-electron chi connectivity index (χ1n) is 10.3. The third kappa shape index (κ3) is 4.54. The second-order valence-electron chi connectivity index (χ2n) is 7.46. The molecule has 0 atom stereocenters. The maximum Gasteiger partial charge on any atom is 0.267 e. The Hall–Kier alpha value is -3.00. The quantitative estimate of drug-likeness (QED) is 0.678. The van der Waals surface area contributed by atoms with Crippen LogP contribution in [0.25, 0.3) is 6.08 Å². The number of benzene rings is 1. The van der Waals surface area contributed by atoms with Gasteiger partial charge >= 0.3 is 0 Å². The number of thioether (sulfide) groups is 1. The van der Waals surface area contributed by atoms with Gasteiger partial charge in [-0.2, -0.15) is 0 Å². The van der Waals surface area contributed by atoms with E-state index in [0.717, 1.165) is 25.7 Å². The molecule has 4 rings (SSSR count). The first kappa shape index (κ1) is 21.2. The van der Waals surface area contributed by atoms with E-state index in [1.54, 1.807) is 30.6 Å². The Bertz CT molecular complexity index is 992. The number of amides is 1. The lowest BCUT2D eigenvalue weighted by Crippen LogP contribution is -2.40. The number of carbonyl (C=O) groups excluding carboxylic acids is 1. The highest BCUT2D eigenvalue weighted by atomic mass is 32.2. The van der Waals surface area contributed by atoms with Crippen LogP contribution in [-0.2, 0) is 4.79 Å². The summed E-state index contributed by atoms with van der Waals surface area (Å²) in [6, 6.07) is 7.22. The van der Waals surface area contributed by atoms with Crippen LogP contribution in [0.2, 0.25) is 0 Å². The lowest BCUT2D eigenvalue weighted by molar-refractivity contribution is -0.124. The van der Waals surface area contributed by atoms with Gasteiger partial charge in [0.05, 0.1) is 31.0 Å². The summed E-state index contributed by atoms with van der Waals surface area (Å²) in [5.41, 5.74) is 1.42. The summed E-state index contributed by atoms with van der Waals surface area (Å²) in [5.74, 6) is 0.454. The monoisotopic (exact) mass is 439 g/mol. The fourth-order valence-corrected chi connectivity index (χ4v) is 4.96. The molecule has 8 heteroatoms. The predicted octanol–water partition coefficient (Wildman–Crippen LogP) is 4.74. The minimum absolute atomic E-state index is 0.0504. The number of methoxy groups -OCH3 is 2. The third-order valence-electron chi connectivity index (χ3n) is 5.45. The number of rotatable bonds is 5. The van der Waals surface area contributed by atoms with Crippen molar-refractivity contribution in [3.63, 3.8) is 0 Å². The normalized spacial score (nSPS) is 19.9. The molecule has 1 aromatic carbocycles. The maximum absolute atomic E-state index is 13.4. The van der Waals surface area contributed by atoms with Crippen molar-refractivity contribution in [1.82, 2.24) is 9.88 Å². The van der Waals surface area contributed by atoms with Crippen LogP contribution in [0.4, 0.5) is 5.69 Å². The lowest BCUT2D eigenvalue weighted by atomic mass is 9.94. The van der Waals surface area contributed by atoms with Gasteiger partial charge in [-0.15, -0.1) is 0 Å². The minimum atomic E-state index is -0.0692. The zero-order valence-electron chi connectivity index (χ0n) is 17.6. The number of phenols is 1. The molecule has 162 valence electrons. The van der Waals surface area contributed by atoms with Gasteiger partial charge in [-0.25, -0.2) is 4.99 Å². The van der Waals surface area contributed by atoms with Gasteiger partial charge in [0.25, 0.3) is 5.91 Å². The maximum atomic E-state index is 13.4. The molecule has 0 spiro atoms. The SMILES string of the molecule is COc1cc(/C=C2\SC(=Nc3cccnc3)N(C3CCCCC3)C2=O)cc(OC)c1O. The molecule has 0 radical (unpaired) electrons. The summed E-state index contributed by atoms with van der Waals surface area (Å²) in [6.07, 6.45) is 10.6. The number of carbonyl (C=O) groups is 1. The van der Waals surface area contributed by atoms with E-state index in [1.807, 2.05) is 17.0 Å². The van der Waals surface area contributed by atoms with Gasteiger partial charge in [-0.3, -0.25) is 14.7 Å². The molecule has 2 aromatic rings. The number of phenolic OH excluding ortho intramolecular Hbond substituents is 1. The van der Waals surface area contributed by atoms with E-state index in [4.69, 9.17) is 14.5 Å². The number of aromatic nitrogens is 1. The molecular weight excluding hydrogens is 414 g/mol. The highest BCUT2D eigenvalue weighted by Crippen LogP contribution is 2.41. The van der Waals surface area contributed by atoms with E-state index < -0.39 is 0 Å². The molecule has 0 bridgehead atoms. The Balaban J connectivity index is 1.72. The summed E-state index contributed by atoms with van der Waals surface area (Å²) < 4.78 is 10.5. The van der Waals surface area contributed by atoms with Crippen molar-refractivity contribution < 1.29 is 19.4 Å². The lowest BCUT2D eigenvalue weighted by Gasteiger charge is -2.30. The molecule has 7 nitrogen and oxygen atoms in total. The first-order valence-corrected chi connectivity index (χ1v) is 11.1. The predicted molar refractivity (Wildman–Crippen MR) is 122 cm³/mol. The van der Waals surface area contributed by atoms with E-state index >= 15 is 0 Å². The summed E-state index contributed by atoms with van der Waals surface area (Å²) in [5, 5.41) is 10.8. The molecule has 0 unspecified atom stereocenters. The zero-order chi connectivity index (χ0) is 21.8. The molecule has 1 aromatic heterocycles. The van der Waals surface area contributed by atoms with Gasteiger partial charge in [-0.1, -0.05) is 19.3 Å². The third-order valence-corrected chi connectivity index (χ3v) is 6.43. The highest BCUT2D eigenvalue weighted by Gasteiger charge is 2.38. The fraction of sp³-hybridized carbons (Fsp3) is 0.348. The molecule has 31 heavy (non-hydrogen) atoms. The summed E-state index contributed by atoms with van der Waals surface area (Å²) in [7, 11) is 2.95. The Morgan fingerprint density at radius 1 is 1.19 bits per heavy atom. The number of amidine groups is 1. The molecule has 1 aliphatic carbocycles. The molecule has 2 aliphatic rings. The van der Waals surface area contributed by atoms with Crippen LogP contribution in [-0.4, -0.2) is 46.3 Å². The summed E-state index contributed by atoms with van der Waals surface area (Å²) in [4.78, 5) is 24.7. The Morgan fingerprint density at radius 3 is 2.52 bits per heavy atom. The van der Waals surface area contributed by atoms with Crippen LogP contribution in [0.1, 0.15) is 37.7 Å². The van der Waals surface area contributed by atoms with E-state index in [-0.39, 0.29) is 29.2 Å². The van der Waals surface area contributed by atoms with Gasteiger partial charge in [0.1, 0.15) is 0 Å². The van der Waals surface area contributed by atoms with Gasteiger partial charge in [-0.05, 0) is 60.5 Å². The van der Waals surface area contributed by atoms with Crippen LogP contribution in [0, 0.1) is 0 Å². The molecule has 1 amide bonds. The molecule has 1 saturated carbocycles. The van der Waals surface area contributed by atoms with Crippen LogP contribution in [0.5, 0.6) is 17.2 Å². The second-order valence-corrected chi connectivity index (χ2v) is 8.47. The average Bonchev–Trinajstić information content (AvgIpc) is 3.10. The average molecular weight is 440 g/mol. The zero-order valence-corrected chi connectivity index (χ0v) is 18.4. The van der Waals surface area contributed by atoms with Gasteiger partial charge in [0.15, 0.2) is 16.7 Å². The number of ether oxygens (including phenoxy) is 2. The molecule has 1 aliphatic heterocycles. The number of aliphatic imine (C=N–C) groups is 1. The van der Waals surface area contributed by atoms with E-state index in [0.29, 0.717) is 21.3 Å². The van der Waals surface area contributed by atoms with Crippen molar-refractivity contribution in [3.8, 4) is 17.2 Å². The topological polar surface area (TPSA) is 84.3 Å². The number of aromatic hydroxyl groups is 1. The number of hydrogen-bond donors (Lipinski definition) is 1. The van der Waals surface area contributed by atoms with Crippen molar-refractivity contribution in [3.05, 3.63) is 47.1 Å². The fourth-order valence-electron chi connectivity index (χ4n) is 3.90. The van der Waals surface area contributed by atoms with Crippen LogP contribution in [0.15, 0.2) is 46.6 Å². The van der Waals surface area contributed by atoms with Crippen LogP contribution in [0.3, 0.4) is 0 Å². The Labute approximate surface area is 185 Å². The number of nitrogens with zero attached hydrogens (tertiary/aromatic N) is 3. The highest BCUT2D eigenvalue weighted by molar-refractivity contribution is 8.18.